The van der Waals surface area contributed by atoms with Gasteiger partial charge in [0.05, 0.1) is 6.21 Å². The molecule has 1 aromatic carbocycles. The van der Waals surface area contributed by atoms with E-state index >= 15 is 0 Å². The number of hydrogen-bond acceptors (Lipinski definition) is 4. The van der Waals surface area contributed by atoms with Crippen LogP contribution >= 0.6 is 12.2 Å². The topological polar surface area (TPSA) is 72.5 Å². The van der Waals surface area contributed by atoms with Crippen molar-refractivity contribution in [3.05, 3.63) is 53.7 Å². The van der Waals surface area contributed by atoms with Crippen LogP contribution in [0.2, 0.25) is 0 Å². The number of rotatable bonds is 4. The van der Waals surface area contributed by atoms with Crippen LogP contribution in [0.25, 0.3) is 0 Å². The molecule has 0 spiro atoms. The molecule has 2 aromatic rings. The van der Waals surface area contributed by atoms with Crippen LogP contribution < -0.4 is 15.9 Å². The van der Waals surface area contributed by atoms with E-state index in [9.17, 15) is 13.2 Å². The van der Waals surface area contributed by atoms with E-state index in [4.69, 9.17) is 10.5 Å². The molecule has 23 heavy (non-hydrogen) atoms. The number of aromatic nitrogens is 1. The number of nitrogens with two attached hydrogens (primary N) is 1. The molecule has 0 atom stereocenters. The molecule has 0 aliphatic heterocycles. The first kappa shape index (κ1) is 16.7. The van der Waals surface area contributed by atoms with Crippen molar-refractivity contribution in [1.82, 2.24) is 10.4 Å². The van der Waals surface area contributed by atoms with Crippen molar-refractivity contribution in [2.24, 2.45) is 10.8 Å². The van der Waals surface area contributed by atoms with Gasteiger partial charge in [-0.1, -0.05) is 0 Å². The predicted molar refractivity (Wildman–Crippen MR) is 83.3 cm³/mol. The van der Waals surface area contributed by atoms with Crippen molar-refractivity contribution >= 4 is 23.5 Å². The molecule has 0 aliphatic carbocycles. The Morgan fingerprint density at radius 1 is 1.26 bits per heavy atom. The van der Waals surface area contributed by atoms with Crippen molar-refractivity contribution in [3.63, 3.8) is 0 Å². The Balaban J connectivity index is 2.13. The predicted octanol–water partition coefficient (Wildman–Crippen LogP) is 3.06. The molecule has 0 saturated carbocycles. The third kappa shape index (κ3) is 4.92. The number of hydrazone groups is 1. The highest BCUT2D eigenvalue weighted by atomic mass is 32.1. The lowest BCUT2D eigenvalue weighted by molar-refractivity contribution is -0.138. The number of nitrogens with one attached hydrogen (secondary N) is 1. The van der Waals surface area contributed by atoms with Crippen molar-refractivity contribution in [1.29, 1.82) is 0 Å². The fraction of sp³-hybridized carbons (Fsp3) is 0.0714. The first-order chi connectivity index (χ1) is 10.9. The van der Waals surface area contributed by atoms with Crippen LogP contribution in [0.15, 0.2) is 47.7 Å². The molecule has 0 saturated heterocycles. The summed E-state index contributed by atoms with van der Waals surface area (Å²) in [6.45, 7) is 0. The van der Waals surface area contributed by atoms with Gasteiger partial charge in [-0.2, -0.15) is 18.3 Å². The summed E-state index contributed by atoms with van der Waals surface area (Å²) in [5.74, 6) is -0.287. The number of halogens is 3. The quantitative estimate of drug-likeness (QED) is 0.508. The summed E-state index contributed by atoms with van der Waals surface area (Å²) >= 11 is 4.58. The van der Waals surface area contributed by atoms with E-state index in [0.29, 0.717) is 5.56 Å². The molecule has 0 unspecified atom stereocenters. The molecular weight excluding hydrogens is 329 g/mol. The molecule has 9 heteroatoms. The maximum atomic E-state index is 12.9. The molecule has 0 radical (unpaired) electrons. The van der Waals surface area contributed by atoms with E-state index in [2.05, 4.69) is 27.7 Å². The normalized spacial score (nSPS) is 11.4. The number of nitrogens with zero attached hydrogens (tertiary/aromatic N) is 2. The molecule has 0 aliphatic rings. The zero-order chi connectivity index (χ0) is 16.9. The SMILES string of the molecule is NC(=S)NN=Cc1ccc(Oc2ncccc2C(F)(F)F)cc1. The summed E-state index contributed by atoms with van der Waals surface area (Å²) in [5, 5.41) is 3.78. The highest BCUT2D eigenvalue weighted by molar-refractivity contribution is 7.80. The van der Waals surface area contributed by atoms with Crippen molar-refractivity contribution in [2.75, 3.05) is 0 Å². The van der Waals surface area contributed by atoms with Gasteiger partial charge in [-0.05, 0) is 54.2 Å². The second kappa shape index (κ2) is 7.05. The van der Waals surface area contributed by atoms with E-state index in [1.165, 1.54) is 30.6 Å². The van der Waals surface area contributed by atoms with Gasteiger partial charge in [0.1, 0.15) is 11.3 Å². The molecule has 5 nitrogen and oxygen atoms in total. The molecule has 0 fully saturated rings. The summed E-state index contributed by atoms with van der Waals surface area (Å²) in [5.41, 5.74) is 7.33. The molecule has 3 N–H and O–H groups in total. The summed E-state index contributed by atoms with van der Waals surface area (Å²) in [7, 11) is 0. The molecular formula is C14H11F3N4OS. The Labute approximate surface area is 135 Å². The van der Waals surface area contributed by atoms with Crippen LogP contribution in [0.3, 0.4) is 0 Å². The molecule has 120 valence electrons. The Morgan fingerprint density at radius 3 is 2.57 bits per heavy atom. The largest absolute Gasteiger partial charge is 0.438 e. The van der Waals surface area contributed by atoms with Gasteiger partial charge < -0.3 is 10.5 Å². The minimum Gasteiger partial charge on any atom is -0.438 e. The minimum atomic E-state index is -4.54. The Kier molecular flexibility index (Phi) is 5.12. The van der Waals surface area contributed by atoms with Crippen molar-refractivity contribution in [2.45, 2.75) is 6.18 Å². The number of hydrogen-bond donors (Lipinski definition) is 2. The maximum Gasteiger partial charge on any atom is 0.421 e. The number of thiocarbonyl (C=S) groups is 1. The van der Waals surface area contributed by atoms with Crippen LogP contribution in [-0.4, -0.2) is 16.3 Å². The average Bonchev–Trinajstić information content (AvgIpc) is 2.48. The lowest BCUT2D eigenvalue weighted by Crippen LogP contribution is -2.23. The maximum absolute atomic E-state index is 12.9. The Morgan fingerprint density at radius 2 is 1.96 bits per heavy atom. The lowest BCUT2D eigenvalue weighted by Gasteiger charge is -2.12. The zero-order valence-electron chi connectivity index (χ0n) is 11.5. The third-order valence-corrected chi connectivity index (χ3v) is 2.65. The fourth-order valence-corrected chi connectivity index (χ4v) is 1.64. The first-order valence-electron chi connectivity index (χ1n) is 6.25. The average molecular weight is 340 g/mol. The van der Waals surface area contributed by atoms with Crippen LogP contribution in [0.1, 0.15) is 11.1 Å². The van der Waals surface area contributed by atoms with Gasteiger partial charge in [0.2, 0.25) is 5.88 Å². The fourth-order valence-electron chi connectivity index (χ4n) is 1.59. The number of benzene rings is 1. The van der Waals surface area contributed by atoms with E-state index in [-0.39, 0.29) is 10.9 Å². The summed E-state index contributed by atoms with van der Waals surface area (Å²) in [4.78, 5) is 3.63. The van der Waals surface area contributed by atoms with E-state index in [0.717, 1.165) is 6.07 Å². The second-order valence-corrected chi connectivity index (χ2v) is 4.70. The third-order valence-electron chi connectivity index (χ3n) is 2.56. The molecule has 0 bridgehead atoms. The van der Waals surface area contributed by atoms with E-state index in [1.807, 2.05) is 0 Å². The van der Waals surface area contributed by atoms with Gasteiger partial charge in [0, 0.05) is 6.20 Å². The Bertz CT molecular complexity index is 717. The first-order valence-corrected chi connectivity index (χ1v) is 6.66. The van der Waals surface area contributed by atoms with Crippen molar-refractivity contribution in [3.8, 4) is 11.6 Å². The number of pyridine rings is 1. The molecule has 2 rings (SSSR count). The van der Waals surface area contributed by atoms with Gasteiger partial charge in [-0.3, -0.25) is 5.43 Å². The lowest BCUT2D eigenvalue weighted by atomic mass is 10.2. The van der Waals surface area contributed by atoms with Gasteiger partial charge in [-0.25, -0.2) is 4.98 Å². The van der Waals surface area contributed by atoms with Gasteiger partial charge in [0.25, 0.3) is 0 Å². The molecule has 1 heterocycles. The van der Waals surface area contributed by atoms with Crippen LogP contribution in [0, 0.1) is 0 Å². The van der Waals surface area contributed by atoms with Crippen molar-refractivity contribution < 1.29 is 17.9 Å². The monoisotopic (exact) mass is 340 g/mol. The Hall–Kier alpha value is -2.68. The standard InChI is InChI=1S/C14H11F3N4OS/c15-14(16,17)11-2-1-7-19-12(11)22-10-5-3-9(4-6-10)8-20-21-13(18)23/h1-8H,(H3,18,21,23). The second-order valence-electron chi connectivity index (χ2n) is 4.26. The molecule has 1 aromatic heterocycles. The summed E-state index contributed by atoms with van der Waals surface area (Å²) in [6.07, 6.45) is -1.86. The van der Waals surface area contributed by atoms with Crippen LogP contribution in [0.5, 0.6) is 11.6 Å². The zero-order valence-corrected chi connectivity index (χ0v) is 12.4. The van der Waals surface area contributed by atoms with Crippen LogP contribution in [0.4, 0.5) is 13.2 Å². The van der Waals surface area contributed by atoms with E-state index in [1.54, 1.807) is 12.1 Å². The highest BCUT2D eigenvalue weighted by Crippen LogP contribution is 2.36. The van der Waals surface area contributed by atoms with Gasteiger partial charge in [0.15, 0.2) is 5.11 Å². The van der Waals surface area contributed by atoms with E-state index < -0.39 is 17.6 Å². The van der Waals surface area contributed by atoms with Crippen LogP contribution in [-0.2, 0) is 6.18 Å². The van der Waals surface area contributed by atoms with Gasteiger partial charge in [-0.15, -0.1) is 0 Å². The highest BCUT2D eigenvalue weighted by Gasteiger charge is 2.35. The number of ether oxygens (including phenoxy) is 1. The summed E-state index contributed by atoms with van der Waals surface area (Å²) in [6, 6.07) is 8.31. The van der Waals surface area contributed by atoms with Gasteiger partial charge >= 0.3 is 6.18 Å². The summed E-state index contributed by atoms with van der Waals surface area (Å²) < 4.78 is 43.8. The smallest absolute Gasteiger partial charge is 0.421 e. The minimum absolute atomic E-state index is 0.0241. The number of alkyl halides is 3. The molecule has 0 amide bonds.